The molecule has 1 N–H and O–H groups in total. The van der Waals surface area contributed by atoms with Crippen LogP contribution in [0.1, 0.15) is 93.7 Å². The van der Waals surface area contributed by atoms with Gasteiger partial charge >= 0.3 is 5.97 Å². The maximum absolute atomic E-state index is 14.0. The molecule has 1 fully saturated rings. The molecule has 0 unspecified atom stereocenters. The number of methoxy groups -OCH3 is 1. The Morgan fingerprint density at radius 1 is 0.812 bits per heavy atom. The van der Waals surface area contributed by atoms with E-state index in [9.17, 15) is 28.8 Å². The number of aryl methyl sites for hydroxylation is 2. The highest BCUT2D eigenvalue weighted by Gasteiger charge is 2.36. The van der Waals surface area contributed by atoms with E-state index in [0.29, 0.717) is 78.0 Å². The van der Waals surface area contributed by atoms with Crippen LogP contribution >= 0.6 is 11.3 Å². The molecular weight excluding hydrogens is 839 g/mol. The zero-order valence-electron chi connectivity index (χ0n) is 35.3. The Kier molecular flexibility index (Phi) is 11.9. The van der Waals surface area contributed by atoms with Crippen LogP contribution in [-0.4, -0.2) is 89.0 Å². The first-order valence-corrected chi connectivity index (χ1v) is 22.1. The quantitative estimate of drug-likeness (QED) is 0.0993. The summed E-state index contributed by atoms with van der Waals surface area (Å²) in [4.78, 5) is 89.8. The number of carbonyl (C=O) groups excluding carboxylic acids is 6. The molecule has 3 aromatic carbocycles. The van der Waals surface area contributed by atoms with Gasteiger partial charge in [0.1, 0.15) is 5.75 Å². The number of amides is 5. The molecule has 1 aromatic heterocycles. The minimum Gasteiger partial charge on any atom is -0.493 e. The molecule has 9 rings (SSSR count). The van der Waals surface area contributed by atoms with E-state index < -0.39 is 23.7 Å². The SMILES string of the molecule is COc1cc2c(cc1OCCCOc1cc3c(cc1C)C(=O)N1C=C(c4ccc(NC(=O)CCC(=O)ON5C(=O)CCC5=O)cc4)C[C@H]1CC3)N=C[C@@H]1CC(c3cccs3)=CN1C2=O. The third kappa shape index (κ3) is 8.65. The number of hydrogen-bond donors (Lipinski definition) is 1. The van der Waals surface area contributed by atoms with Gasteiger partial charge < -0.3 is 34.2 Å². The summed E-state index contributed by atoms with van der Waals surface area (Å²) in [6.45, 7) is 2.66. The molecule has 0 bridgehead atoms. The standard InChI is InChI=1S/C48H45N5O10S/c1-28-19-36-30(8-11-34-20-31(26-51(34)47(36)58)29-6-9-33(10-7-29)50-43(54)12-15-46(57)63-53-44(55)13-14-45(53)56)22-39(28)61-16-4-17-62-41-24-38-37(23-40(41)60-2)48(59)52-27-32(21-35(52)25-49-38)42-5-3-18-64-42/h3,5-7,9-10,18-19,22-27,34-35H,4,8,11-17,20-21H2,1-2H3,(H,50,54)/t34-,35+/m1/s1. The van der Waals surface area contributed by atoms with Gasteiger partial charge in [0.05, 0.1) is 44.0 Å². The predicted octanol–water partition coefficient (Wildman–Crippen LogP) is 7.41. The molecule has 0 radical (unpaired) electrons. The van der Waals surface area contributed by atoms with Crippen molar-refractivity contribution in [2.75, 3.05) is 25.6 Å². The summed E-state index contributed by atoms with van der Waals surface area (Å²) in [5.41, 5.74) is 7.04. The van der Waals surface area contributed by atoms with Crippen LogP contribution in [0.3, 0.4) is 0 Å². The van der Waals surface area contributed by atoms with Crippen molar-refractivity contribution >= 4 is 75.6 Å². The fraction of sp³-hybridized carbons (Fsp3) is 0.312. The number of nitrogens with one attached hydrogen (secondary N) is 1. The van der Waals surface area contributed by atoms with Crippen LogP contribution in [0.4, 0.5) is 11.4 Å². The van der Waals surface area contributed by atoms with E-state index in [0.717, 1.165) is 44.9 Å². The summed E-state index contributed by atoms with van der Waals surface area (Å²) in [6.07, 6.45) is 8.63. The molecule has 328 valence electrons. The normalized spacial score (nSPS) is 18.7. The van der Waals surface area contributed by atoms with Gasteiger partial charge in [0.15, 0.2) is 11.5 Å². The summed E-state index contributed by atoms with van der Waals surface area (Å²) in [6, 6.07) is 18.5. The van der Waals surface area contributed by atoms with Gasteiger partial charge in [0, 0.05) is 79.0 Å². The highest BCUT2D eigenvalue weighted by atomic mass is 32.1. The third-order valence-electron chi connectivity index (χ3n) is 11.9. The van der Waals surface area contributed by atoms with E-state index in [4.69, 9.17) is 24.0 Å². The van der Waals surface area contributed by atoms with Crippen molar-refractivity contribution in [2.24, 2.45) is 4.99 Å². The molecular formula is C48H45N5O10S. The number of aliphatic imine (C=N–C) groups is 1. The topological polar surface area (TPSA) is 173 Å². The first kappa shape index (κ1) is 42.2. The Morgan fingerprint density at radius 2 is 1.56 bits per heavy atom. The van der Waals surface area contributed by atoms with Gasteiger partial charge in [-0.15, -0.1) is 16.4 Å². The van der Waals surface area contributed by atoms with E-state index in [-0.39, 0.29) is 49.6 Å². The van der Waals surface area contributed by atoms with Gasteiger partial charge in [-0.2, -0.15) is 0 Å². The van der Waals surface area contributed by atoms with Crippen LogP contribution in [0.2, 0.25) is 0 Å². The number of benzene rings is 3. The van der Waals surface area contributed by atoms with Crippen molar-refractivity contribution in [2.45, 2.75) is 76.8 Å². The Labute approximate surface area is 372 Å². The lowest BCUT2D eigenvalue weighted by atomic mass is 9.96. The average molecular weight is 884 g/mol. The van der Waals surface area contributed by atoms with Crippen LogP contribution < -0.4 is 19.5 Å². The number of rotatable bonds is 14. The first-order chi connectivity index (χ1) is 31.0. The number of nitrogens with zero attached hydrogens (tertiary/aromatic N) is 4. The molecule has 16 heteroatoms. The molecule has 5 amide bonds. The van der Waals surface area contributed by atoms with Crippen molar-refractivity contribution in [1.82, 2.24) is 14.9 Å². The summed E-state index contributed by atoms with van der Waals surface area (Å²) in [5, 5.41) is 5.24. The summed E-state index contributed by atoms with van der Waals surface area (Å²) in [7, 11) is 1.55. The maximum atomic E-state index is 14.0. The molecule has 0 aliphatic carbocycles. The summed E-state index contributed by atoms with van der Waals surface area (Å²) >= 11 is 1.65. The number of imide groups is 1. The van der Waals surface area contributed by atoms with Crippen molar-refractivity contribution < 1.29 is 47.8 Å². The molecule has 0 spiro atoms. The second kappa shape index (κ2) is 18.0. The first-order valence-electron chi connectivity index (χ1n) is 21.3. The number of hydrogen-bond acceptors (Lipinski definition) is 12. The largest absolute Gasteiger partial charge is 0.493 e. The molecule has 5 aliphatic heterocycles. The second-order valence-corrected chi connectivity index (χ2v) is 17.1. The lowest BCUT2D eigenvalue weighted by molar-refractivity contribution is -0.197. The van der Waals surface area contributed by atoms with Crippen LogP contribution in [0.25, 0.3) is 11.1 Å². The monoisotopic (exact) mass is 883 g/mol. The van der Waals surface area contributed by atoms with Gasteiger partial charge in [-0.25, -0.2) is 4.79 Å². The minimum atomic E-state index is -0.840. The molecule has 15 nitrogen and oxygen atoms in total. The van der Waals surface area contributed by atoms with E-state index in [2.05, 4.69) is 11.4 Å². The fourth-order valence-corrected chi connectivity index (χ4v) is 9.28. The van der Waals surface area contributed by atoms with Crippen molar-refractivity contribution in [3.63, 3.8) is 0 Å². The van der Waals surface area contributed by atoms with Gasteiger partial charge in [-0.1, -0.05) is 18.2 Å². The molecule has 0 saturated carbocycles. The number of hydroxylamine groups is 2. The molecule has 6 heterocycles. The predicted molar refractivity (Wildman–Crippen MR) is 237 cm³/mol. The van der Waals surface area contributed by atoms with Gasteiger partial charge in [-0.05, 0) is 95.8 Å². The number of carbonyl (C=O) groups is 6. The summed E-state index contributed by atoms with van der Waals surface area (Å²) < 4.78 is 18.0. The molecule has 4 aromatic rings. The van der Waals surface area contributed by atoms with Gasteiger partial charge in [0.2, 0.25) is 5.91 Å². The lowest BCUT2D eigenvalue weighted by Gasteiger charge is -2.20. The summed E-state index contributed by atoms with van der Waals surface area (Å²) in [5.74, 6) is -0.937. The van der Waals surface area contributed by atoms with Crippen molar-refractivity contribution in [3.8, 4) is 17.2 Å². The lowest BCUT2D eigenvalue weighted by Crippen LogP contribution is -2.32. The number of anilines is 1. The minimum absolute atomic E-state index is 0.00548. The van der Waals surface area contributed by atoms with Crippen molar-refractivity contribution in [3.05, 3.63) is 111 Å². The maximum Gasteiger partial charge on any atom is 0.333 e. The number of ether oxygens (including phenoxy) is 3. The second-order valence-electron chi connectivity index (χ2n) is 16.2. The Hall–Kier alpha value is -7.07. The Bertz CT molecular complexity index is 2640. The molecule has 5 aliphatic rings. The highest BCUT2D eigenvalue weighted by molar-refractivity contribution is 7.11. The van der Waals surface area contributed by atoms with Crippen LogP contribution in [0.15, 0.2) is 83.4 Å². The smallest absolute Gasteiger partial charge is 0.333 e. The van der Waals surface area contributed by atoms with Crippen LogP contribution in [0, 0.1) is 6.92 Å². The average Bonchev–Trinajstić information content (AvgIpc) is 4.11. The highest BCUT2D eigenvalue weighted by Crippen LogP contribution is 2.41. The molecule has 1 saturated heterocycles. The Morgan fingerprint density at radius 3 is 2.31 bits per heavy atom. The van der Waals surface area contributed by atoms with E-state index in [1.807, 2.05) is 66.2 Å². The fourth-order valence-electron chi connectivity index (χ4n) is 8.53. The van der Waals surface area contributed by atoms with Crippen LogP contribution in [-0.2, 0) is 30.4 Å². The Balaban J connectivity index is 0.765. The van der Waals surface area contributed by atoms with Gasteiger partial charge in [-0.3, -0.25) is 29.0 Å². The zero-order valence-corrected chi connectivity index (χ0v) is 36.1. The number of thiophene rings is 1. The van der Waals surface area contributed by atoms with Gasteiger partial charge in [0.25, 0.3) is 23.6 Å². The molecule has 2 atom stereocenters. The van der Waals surface area contributed by atoms with E-state index in [1.165, 1.54) is 0 Å². The molecule has 64 heavy (non-hydrogen) atoms. The van der Waals surface area contributed by atoms with Crippen LogP contribution in [0.5, 0.6) is 17.2 Å². The third-order valence-corrected chi connectivity index (χ3v) is 12.9. The van der Waals surface area contributed by atoms with E-state index >= 15 is 0 Å². The van der Waals surface area contributed by atoms with E-state index in [1.54, 1.807) is 47.6 Å². The van der Waals surface area contributed by atoms with Crippen molar-refractivity contribution in [1.29, 1.82) is 0 Å². The number of fused-ring (bicyclic) bond motifs is 4. The zero-order chi connectivity index (χ0) is 44.5.